The molecule has 0 aliphatic carbocycles. The van der Waals surface area contributed by atoms with Gasteiger partial charge in [-0.25, -0.2) is 0 Å². The van der Waals surface area contributed by atoms with Crippen molar-refractivity contribution in [1.82, 2.24) is 5.32 Å². The summed E-state index contributed by atoms with van der Waals surface area (Å²) in [5, 5.41) is 3.21. The lowest BCUT2D eigenvalue weighted by Gasteiger charge is -2.27. The van der Waals surface area contributed by atoms with E-state index in [1.165, 1.54) is 0 Å². The highest BCUT2D eigenvalue weighted by Gasteiger charge is 2.19. The van der Waals surface area contributed by atoms with Gasteiger partial charge < -0.3 is 20.5 Å². The van der Waals surface area contributed by atoms with Crippen LogP contribution in [0.15, 0.2) is 11.5 Å². The standard InChI is InChI=1S/C10H18N2O2/c11-9-7-12-4-1-10(9)14-8-2-5-13-6-3-8/h8,12H,1-7,11H2. The average molecular weight is 198 g/mol. The molecule has 0 bridgehead atoms. The van der Waals surface area contributed by atoms with Gasteiger partial charge in [-0.3, -0.25) is 0 Å². The summed E-state index contributed by atoms with van der Waals surface area (Å²) >= 11 is 0. The third-order valence-corrected chi connectivity index (χ3v) is 2.68. The van der Waals surface area contributed by atoms with E-state index in [-0.39, 0.29) is 0 Å². The number of hydrogen-bond acceptors (Lipinski definition) is 4. The zero-order valence-corrected chi connectivity index (χ0v) is 8.42. The fraction of sp³-hybridized carbons (Fsp3) is 0.800. The Labute approximate surface area is 84.4 Å². The quantitative estimate of drug-likeness (QED) is 0.672. The maximum atomic E-state index is 5.88. The van der Waals surface area contributed by atoms with Crippen LogP contribution in [0.25, 0.3) is 0 Å². The maximum absolute atomic E-state index is 5.88. The normalized spacial score (nSPS) is 25.1. The Hall–Kier alpha value is -0.740. The largest absolute Gasteiger partial charge is 0.493 e. The van der Waals surface area contributed by atoms with Crippen LogP contribution in [0.3, 0.4) is 0 Å². The molecule has 4 heteroatoms. The summed E-state index contributed by atoms with van der Waals surface area (Å²) in [4.78, 5) is 0. The van der Waals surface area contributed by atoms with Gasteiger partial charge in [0, 0.05) is 32.4 Å². The second-order valence-electron chi connectivity index (χ2n) is 3.80. The molecular formula is C10H18N2O2. The predicted octanol–water partition coefficient (Wildman–Crippen LogP) is 0.346. The van der Waals surface area contributed by atoms with E-state index in [1.807, 2.05) is 0 Å². The first-order chi connectivity index (χ1) is 6.86. The molecule has 2 heterocycles. The Kier molecular flexibility index (Phi) is 3.26. The van der Waals surface area contributed by atoms with Gasteiger partial charge in [-0.1, -0.05) is 0 Å². The molecule has 2 aliphatic rings. The first-order valence-corrected chi connectivity index (χ1v) is 5.29. The van der Waals surface area contributed by atoms with Gasteiger partial charge in [0.05, 0.1) is 18.9 Å². The van der Waals surface area contributed by atoms with Crippen molar-refractivity contribution in [2.75, 3.05) is 26.3 Å². The van der Waals surface area contributed by atoms with Crippen LogP contribution in [-0.2, 0) is 9.47 Å². The van der Waals surface area contributed by atoms with Crippen LogP contribution in [0.1, 0.15) is 19.3 Å². The van der Waals surface area contributed by atoms with Gasteiger partial charge in [0.2, 0.25) is 0 Å². The third kappa shape index (κ3) is 2.39. The highest BCUT2D eigenvalue weighted by atomic mass is 16.5. The Balaban J connectivity index is 1.88. The van der Waals surface area contributed by atoms with E-state index < -0.39 is 0 Å². The van der Waals surface area contributed by atoms with Crippen molar-refractivity contribution < 1.29 is 9.47 Å². The van der Waals surface area contributed by atoms with E-state index in [2.05, 4.69) is 5.32 Å². The zero-order valence-electron chi connectivity index (χ0n) is 8.42. The van der Waals surface area contributed by atoms with E-state index in [0.29, 0.717) is 6.10 Å². The topological polar surface area (TPSA) is 56.5 Å². The second-order valence-corrected chi connectivity index (χ2v) is 3.80. The summed E-state index contributed by atoms with van der Waals surface area (Å²) in [7, 11) is 0. The monoisotopic (exact) mass is 198 g/mol. The molecule has 0 amide bonds. The molecule has 0 spiro atoms. The first kappa shape index (κ1) is 9.80. The molecule has 0 atom stereocenters. The van der Waals surface area contributed by atoms with Crippen molar-refractivity contribution in [3.63, 3.8) is 0 Å². The lowest BCUT2D eigenvalue weighted by atomic mass is 10.1. The fourth-order valence-corrected chi connectivity index (χ4v) is 1.81. The van der Waals surface area contributed by atoms with Crippen LogP contribution in [0, 0.1) is 0 Å². The van der Waals surface area contributed by atoms with E-state index >= 15 is 0 Å². The molecule has 0 radical (unpaired) electrons. The molecule has 4 nitrogen and oxygen atoms in total. The molecule has 80 valence electrons. The molecule has 0 aromatic carbocycles. The maximum Gasteiger partial charge on any atom is 0.118 e. The van der Waals surface area contributed by atoms with Crippen LogP contribution in [0.2, 0.25) is 0 Å². The van der Waals surface area contributed by atoms with Crippen LogP contribution in [-0.4, -0.2) is 32.4 Å². The summed E-state index contributed by atoms with van der Waals surface area (Å²) in [5.74, 6) is 0.996. The number of rotatable bonds is 2. The van der Waals surface area contributed by atoms with Gasteiger partial charge in [-0.2, -0.15) is 0 Å². The summed E-state index contributed by atoms with van der Waals surface area (Å²) < 4.78 is 11.2. The van der Waals surface area contributed by atoms with Gasteiger partial charge in [-0.15, -0.1) is 0 Å². The van der Waals surface area contributed by atoms with Crippen molar-refractivity contribution in [1.29, 1.82) is 0 Å². The molecule has 2 aliphatic heterocycles. The molecule has 0 aromatic rings. The van der Waals surface area contributed by atoms with E-state index in [1.54, 1.807) is 0 Å². The number of nitrogens with two attached hydrogens (primary N) is 1. The summed E-state index contributed by atoms with van der Waals surface area (Å²) in [6, 6.07) is 0. The Morgan fingerprint density at radius 3 is 2.86 bits per heavy atom. The van der Waals surface area contributed by atoms with Crippen LogP contribution < -0.4 is 11.1 Å². The van der Waals surface area contributed by atoms with Crippen LogP contribution in [0.4, 0.5) is 0 Å². The van der Waals surface area contributed by atoms with Crippen molar-refractivity contribution in [3.05, 3.63) is 11.5 Å². The first-order valence-electron chi connectivity index (χ1n) is 5.29. The SMILES string of the molecule is NC1=C(OC2CCOCC2)CCNC1. The van der Waals surface area contributed by atoms with Gasteiger partial charge >= 0.3 is 0 Å². The van der Waals surface area contributed by atoms with Gasteiger partial charge in [0.1, 0.15) is 11.9 Å². The van der Waals surface area contributed by atoms with Crippen LogP contribution in [0.5, 0.6) is 0 Å². The second kappa shape index (κ2) is 4.66. The van der Waals surface area contributed by atoms with Crippen molar-refractivity contribution in [3.8, 4) is 0 Å². The minimum atomic E-state index is 0.315. The number of hydrogen-bond donors (Lipinski definition) is 2. The lowest BCUT2D eigenvalue weighted by Crippen LogP contribution is -2.32. The molecule has 1 fully saturated rings. The highest BCUT2D eigenvalue weighted by molar-refractivity contribution is 5.10. The zero-order chi connectivity index (χ0) is 9.80. The summed E-state index contributed by atoms with van der Waals surface area (Å²) in [6.45, 7) is 3.37. The van der Waals surface area contributed by atoms with E-state index in [9.17, 15) is 0 Å². The van der Waals surface area contributed by atoms with Crippen LogP contribution >= 0.6 is 0 Å². The Morgan fingerprint density at radius 1 is 1.36 bits per heavy atom. The van der Waals surface area contributed by atoms with E-state index in [0.717, 1.165) is 57.0 Å². The highest BCUT2D eigenvalue weighted by Crippen LogP contribution is 2.18. The Morgan fingerprint density at radius 2 is 2.14 bits per heavy atom. The van der Waals surface area contributed by atoms with Gasteiger partial charge in [0.15, 0.2) is 0 Å². The molecule has 2 rings (SSSR count). The van der Waals surface area contributed by atoms with Crippen molar-refractivity contribution in [2.45, 2.75) is 25.4 Å². The molecule has 14 heavy (non-hydrogen) atoms. The predicted molar refractivity (Wildman–Crippen MR) is 53.6 cm³/mol. The molecule has 3 N–H and O–H groups in total. The fourth-order valence-electron chi connectivity index (χ4n) is 1.81. The average Bonchev–Trinajstić information content (AvgIpc) is 2.23. The molecule has 0 unspecified atom stereocenters. The Bertz CT molecular complexity index is 222. The van der Waals surface area contributed by atoms with Crippen molar-refractivity contribution >= 4 is 0 Å². The third-order valence-electron chi connectivity index (χ3n) is 2.68. The summed E-state index contributed by atoms with van der Waals surface area (Å²) in [5.41, 5.74) is 6.72. The molecule has 0 saturated carbocycles. The number of nitrogens with one attached hydrogen (secondary N) is 1. The van der Waals surface area contributed by atoms with Crippen molar-refractivity contribution in [2.24, 2.45) is 5.73 Å². The molecule has 1 saturated heterocycles. The smallest absolute Gasteiger partial charge is 0.118 e. The lowest BCUT2D eigenvalue weighted by molar-refractivity contribution is -0.00783. The number of ether oxygens (including phenoxy) is 2. The summed E-state index contributed by atoms with van der Waals surface area (Å²) in [6.07, 6.45) is 3.22. The minimum Gasteiger partial charge on any atom is -0.493 e. The van der Waals surface area contributed by atoms with E-state index in [4.69, 9.17) is 15.2 Å². The van der Waals surface area contributed by atoms with Gasteiger partial charge in [-0.05, 0) is 0 Å². The van der Waals surface area contributed by atoms with Gasteiger partial charge in [0.25, 0.3) is 0 Å². The molecule has 0 aromatic heterocycles. The molecular weight excluding hydrogens is 180 g/mol. The minimum absolute atomic E-state index is 0.315.